The molecule has 0 atom stereocenters. The van der Waals surface area contributed by atoms with Gasteiger partial charge in [-0.2, -0.15) is 0 Å². The first-order valence-electron chi connectivity index (χ1n) is 6.91. The molecule has 0 bridgehead atoms. The maximum Gasteiger partial charge on any atom is 0.335 e. The summed E-state index contributed by atoms with van der Waals surface area (Å²) in [7, 11) is 1.62. The predicted octanol–water partition coefficient (Wildman–Crippen LogP) is 2.15. The van der Waals surface area contributed by atoms with E-state index >= 15 is 0 Å². The number of carboxylic acid groups (broad SMARTS) is 1. The van der Waals surface area contributed by atoms with Gasteiger partial charge in [-0.1, -0.05) is 20.8 Å². The van der Waals surface area contributed by atoms with Gasteiger partial charge in [-0.15, -0.1) is 0 Å². The molecule has 2 N–H and O–H groups in total. The Morgan fingerprint density at radius 1 is 1.29 bits per heavy atom. The van der Waals surface area contributed by atoms with Gasteiger partial charge in [0.05, 0.1) is 25.4 Å². The minimum atomic E-state index is -0.956. The van der Waals surface area contributed by atoms with Crippen molar-refractivity contribution in [1.29, 1.82) is 0 Å². The fourth-order valence-electron chi connectivity index (χ4n) is 1.62. The lowest BCUT2D eigenvalue weighted by atomic mass is 9.91. The normalized spacial score (nSPS) is 11.4. The average molecular weight is 296 g/mol. The number of aromatic nitrogens is 1. The van der Waals surface area contributed by atoms with Gasteiger partial charge >= 0.3 is 5.97 Å². The van der Waals surface area contributed by atoms with E-state index in [0.717, 1.165) is 5.69 Å². The van der Waals surface area contributed by atoms with Crippen LogP contribution in [0.1, 0.15) is 36.8 Å². The molecule has 1 heterocycles. The van der Waals surface area contributed by atoms with Crippen LogP contribution in [0.2, 0.25) is 0 Å². The lowest BCUT2D eigenvalue weighted by Gasteiger charge is -2.19. The number of aromatic carboxylic acids is 1. The Hall–Kier alpha value is -1.66. The number of methoxy groups -OCH3 is 1. The fraction of sp³-hybridized carbons (Fsp3) is 0.600. The fourth-order valence-corrected chi connectivity index (χ4v) is 1.62. The zero-order valence-corrected chi connectivity index (χ0v) is 13.1. The molecule has 6 heteroatoms. The van der Waals surface area contributed by atoms with E-state index < -0.39 is 5.97 Å². The summed E-state index contributed by atoms with van der Waals surface area (Å²) in [5, 5.41) is 12.3. The molecule has 6 nitrogen and oxygen atoms in total. The number of carboxylic acids is 1. The van der Waals surface area contributed by atoms with E-state index in [4.69, 9.17) is 9.47 Å². The molecule has 0 fully saturated rings. The Morgan fingerprint density at radius 2 is 2.00 bits per heavy atom. The highest BCUT2D eigenvalue weighted by Gasteiger charge is 2.19. The van der Waals surface area contributed by atoms with Crippen molar-refractivity contribution in [2.75, 3.05) is 38.8 Å². The van der Waals surface area contributed by atoms with Crippen LogP contribution in [0, 0.1) is 0 Å². The van der Waals surface area contributed by atoms with Crippen molar-refractivity contribution in [2.24, 2.45) is 0 Å². The Balaban J connectivity index is 2.68. The number of hydrogen-bond acceptors (Lipinski definition) is 5. The zero-order chi connectivity index (χ0) is 15.9. The van der Waals surface area contributed by atoms with Crippen LogP contribution < -0.4 is 5.32 Å². The van der Waals surface area contributed by atoms with Crippen molar-refractivity contribution >= 4 is 11.8 Å². The summed E-state index contributed by atoms with van der Waals surface area (Å²) >= 11 is 0. The third kappa shape index (κ3) is 6.10. The molecule has 21 heavy (non-hydrogen) atoms. The number of ether oxygens (including phenoxy) is 2. The van der Waals surface area contributed by atoms with Gasteiger partial charge < -0.3 is 19.9 Å². The van der Waals surface area contributed by atoms with Crippen LogP contribution in [0.5, 0.6) is 0 Å². The third-order valence-electron chi connectivity index (χ3n) is 2.83. The van der Waals surface area contributed by atoms with Crippen molar-refractivity contribution < 1.29 is 19.4 Å². The van der Waals surface area contributed by atoms with E-state index in [1.807, 2.05) is 20.8 Å². The lowest BCUT2D eigenvalue weighted by Crippen LogP contribution is -2.18. The minimum Gasteiger partial charge on any atom is -0.478 e. The Labute approximate surface area is 125 Å². The number of rotatable bonds is 8. The van der Waals surface area contributed by atoms with Crippen LogP contribution in [0.4, 0.5) is 5.82 Å². The number of nitrogens with zero attached hydrogens (tertiary/aromatic N) is 1. The molecule has 0 unspecified atom stereocenters. The maximum atomic E-state index is 11.2. The summed E-state index contributed by atoms with van der Waals surface area (Å²) in [4.78, 5) is 15.7. The lowest BCUT2D eigenvalue weighted by molar-refractivity contribution is 0.0696. The molecule has 0 spiro atoms. The molecule has 1 aromatic heterocycles. The highest BCUT2D eigenvalue weighted by atomic mass is 16.5. The summed E-state index contributed by atoms with van der Waals surface area (Å²) < 4.78 is 10.2. The Bertz CT molecular complexity index is 469. The summed E-state index contributed by atoms with van der Waals surface area (Å²) in [6.07, 6.45) is 0. The highest BCUT2D eigenvalue weighted by molar-refractivity contribution is 5.88. The molecular weight excluding hydrogens is 272 g/mol. The molecular formula is C15H24N2O4. The van der Waals surface area contributed by atoms with Gasteiger partial charge in [0.25, 0.3) is 0 Å². The van der Waals surface area contributed by atoms with Crippen LogP contribution in [0.3, 0.4) is 0 Å². The molecule has 0 aliphatic rings. The molecule has 0 radical (unpaired) electrons. The molecule has 1 rings (SSSR count). The smallest absolute Gasteiger partial charge is 0.335 e. The second kappa shape index (κ2) is 7.95. The first-order valence-corrected chi connectivity index (χ1v) is 6.91. The minimum absolute atomic E-state index is 0.211. The first kappa shape index (κ1) is 17.4. The van der Waals surface area contributed by atoms with Gasteiger partial charge in [0, 0.05) is 24.8 Å². The van der Waals surface area contributed by atoms with Gasteiger partial charge in [0.2, 0.25) is 0 Å². The van der Waals surface area contributed by atoms with Crippen molar-refractivity contribution in [3.05, 3.63) is 23.4 Å². The second-order valence-electron chi connectivity index (χ2n) is 5.71. The van der Waals surface area contributed by atoms with Gasteiger partial charge in [0.15, 0.2) is 0 Å². The third-order valence-corrected chi connectivity index (χ3v) is 2.83. The van der Waals surface area contributed by atoms with E-state index in [0.29, 0.717) is 32.2 Å². The molecule has 0 aliphatic carbocycles. The monoisotopic (exact) mass is 296 g/mol. The van der Waals surface area contributed by atoms with Gasteiger partial charge in [-0.05, 0) is 12.1 Å². The molecule has 118 valence electrons. The summed E-state index contributed by atoms with van der Waals surface area (Å²) in [6.45, 7) is 8.15. The Kier molecular flexibility index (Phi) is 6.58. The number of anilines is 1. The number of hydrogen-bond donors (Lipinski definition) is 2. The molecule has 1 aromatic rings. The largest absolute Gasteiger partial charge is 0.478 e. The average Bonchev–Trinajstić information content (AvgIpc) is 2.41. The van der Waals surface area contributed by atoms with Crippen molar-refractivity contribution in [1.82, 2.24) is 4.98 Å². The standard InChI is InChI=1S/C15H24N2O4/c1-15(2,3)12-9-11(14(18)19)10-13(17-12)16-5-6-21-8-7-20-4/h9-10H,5-8H2,1-4H3,(H,16,17)(H,18,19). The molecule has 0 saturated carbocycles. The SMILES string of the molecule is COCCOCCNc1cc(C(=O)O)cc(C(C)(C)C)n1. The Morgan fingerprint density at radius 3 is 2.57 bits per heavy atom. The highest BCUT2D eigenvalue weighted by Crippen LogP contribution is 2.23. The summed E-state index contributed by atoms with van der Waals surface area (Å²) in [5.74, 6) is -0.405. The van der Waals surface area contributed by atoms with Crippen LogP contribution in [0.25, 0.3) is 0 Å². The van der Waals surface area contributed by atoms with Crippen LogP contribution in [0.15, 0.2) is 12.1 Å². The number of nitrogens with one attached hydrogen (secondary N) is 1. The first-order chi connectivity index (χ1) is 9.84. The van der Waals surface area contributed by atoms with Crippen LogP contribution in [-0.2, 0) is 14.9 Å². The van der Waals surface area contributed by atoms with Crippen LogP contribution >= 0.6 is 0 Å². The predicted molar refractivity (Wildman–Crippen MR) is 81.1 cm³/mol. The van der Waals surface area contributed by atoms with Gasteiger partial charge in [-0.25, -0.2) is 9.78 Å². The van der Waals surface area contributed by atoms with Gasteiger partial charge in [-0.3, -0.25) is 0 Å². The maximum absolute atomic E-state index is 11.2. The second-order valence-corrected chi connectivity index (χ2v) is 5.71. The van der Waals surface area contributed by atoms with E-state index in [9.17, 15) is 9.90 Å². The van der Waals surface area contributed by atoms with E-state index in [2.05, 4.69) is 10.3 Å². The molecule has 0 amide bonds. The van der Waals surface area contributed by atoms with Crippen molar-refractivity contribution in [3.8, 4) is 0 Å². The molecule has 0 aromatic carbocycles. The van der Waals surface area contributed by atoms with Crippen molar-refractivity contribution in [3.63, 3.8) is 0 Å². The molecule has 0 saturated heterocycles. The summed E-state index contributed by atoms with van der Waals surface area (Å²) in [6, 6.07) is 3.15. The topological polar surface area (TPSA) is 80.7 Å². The number of pyridine rings is 1. The quantitative estimate of drug-likeness (QED) is 0.715. The van der Waals surface area contributed by atoms with E-state index in [-0.39, 0.29) is 11.0 Å². The molecule has 0 aliphatic heterocycles. The zero-order valence-electron chi connectivity index (χ0n) is 13.1. The summed E-state index contributed by atoms with van der Waals surface area (Å²) in [5.41, 5.74) is 0.763. The van der Waals surface area contributed by atoms with Crippen LogP contribution in [-0.4, -0.2) is 49.5 Å². The van der Waals surface area contributed by atoms with Crippen molar-refractivity contribution in [2.45, 2.75) is 26.2 Å². The van der Waals surface area contributed by atoms with Gasteiger partial charge in [0.1, 0.15) is 5.82 Å². The number of carbonyl (C=O) groups is 1. The van der Waals surface area contributed by atoms with E-state index in [1.54, 1.807) is 13.2 Å². The van der Waals surface area contributed by atoms with E-state index in [1.165, 1.54) is 6.07 Å².